The molecular weight excluding hydrogens is 288 g/mol. The van der Waals surface area contributed by atoms with Crippen molar-refractivity contribution < 1.29 is 8.42 Å². The molecule has 0 radical (unpaired) electrons. The number of piperidine rings is 1. The van der Waals surface area contributed by atoms with Crippen molar-refractivity contribution in [3.8, 4) is 0 Å². The van der Waals surface area contributed by atoms with Crippen molar-refractivity contribution in [3.05, 3.63) is 18.3 Å². The fourth-order valence-corrected chi connectivity index (χ4v) is 4.19. The number of nitrogens with zero attached hydrogens (tertiary/aromatic N) is 3. The smallest absolute Gasteiger partial charge is 0.243 e. The minimum atomic E-state index is -3.41. The van der Waals surface area contributed by atoms with Gasteiger partial charge in [0.1, 0.15) is 5.82 Å². The minimum absolute atomic E-state index is 0.313. The highest BCUT2D eigenvalue weighted by molar-refractivity contribution is 7.89. The van der Waals surface area contributed by atoms with E-state index in [0.29, 0.717) is 29.7 Å². The van der Waals surface area contributed by atoms with Gasteiger partial charge in [-0.2, -0.15) is 4.31 Å². The third-order valence-corrected chi connectivity index (χ3v) is 5.72. The SMILES string of the molecule is CNc1cc(S(=O)(=O)N2CCC(CN(C)C)CC2)ccn1. The van der Waals surface area contributed by atoms with Gasteiger partial charge in [0.2, 0.25) is 10.0 Å². The van der Waals surface area contributed by atoms with Crippen molar-refractivity contribution in [1.82, 2.24) is 14.2 Å². The summed E-state index contributed by atoms with van der Waals surface area (Å²) in [6, 6.07) is 3.14. The fraction of sp³-hybridized carbons (Fsp3) is 0.643. The van der Waals surface area contributed by atoms with Crippen LogP contribution in [0.5, 0.6) is 0 Å². The molecule has 0 unspecified atom stereocenters. The highest BCUT2D eigenvalue weighted by atomic mass is 32.2. The first-order chi connectivity index (χ1) is 9.93. The molecule has 7 heteroatoms. The first-order valence-electron chi connectivity index (χ1n) is 7.22. The van der Waals surface area contributed by atoms with E-state index in [2.05, 4.69) is 29.3 Å². The van der Waals surface area contributed by atoms with Gasteiger partial charge in [-0.15, -0.1) is 0 Å². The van der Waals surface area contributed by atoms with Crippen LogP contribution in [0, 0.1) is 5.92 Å². The van der Waals surface area contributed by atoms with E-state index < -0.39 is 10.0 Å². The molecule has 2 rings (SSSR count). The molecule has 6 nitrogen and oxygen atoms in total. The second-order valence-electron chi connectivity index (χ2n) is 5.74. The number of rotatable bonds is 5. The third kappa shape index (κ3) is 3.93. The van der Waals surface area contributed by atoms with E-state index in [1.54, 1.807) is 23.5 Å². The van der Waals surface area contributed by atoms with Crippen LogP contribution in [0.2, 0.25) is 0 Å². The maximum Gasteiger partial charge on any atom is 0.243 e. The Morgan fingerprint density at radius 3 is 2.62 bits per heavy atom. The van der Waals surface area contributed by atoms with Crippen LogP contribution in [0.4, 0.5) is 5.82 Å². The normalized spacial score (nSPS) is 18.1. The number of nitrogens with one attached hydrogen (secondary N) is 1. The average molecular weight is 312 g/mol. The standard InChI is InChI=1S/C14H24N4O2S/c1-15-14-10-13(4-7-16-14)21(19,20)18-8-5-12(6-9-18)11-17(2)3/h4,7,10,12H,5-6,8-9,11H2,1-3H3,(H,15,16). The molecule has 21 heavy (non-hydrogen) atoms. The predicted molar refractivity (Wildman–Crippen MR) is 83.8 cm³/mol. The maximum absolute atomic E-state index is 12.6. The van der Waals surface area contributed by atoms with Crippen LogP contribution in [-0.2, 0) is 10.0 Å². The monoisotopic (exact) mass is 312 g/mol. The summed E-state index contributed by atoms with van der Waals surface area (Å²) < 4.78 is 26.9. The Balaban J connectivity index is 2.07. The van der Waals surface area contributed by atoms with Gasteiger partial charge in [-0.25, -0.2) is 13.4 Å². The quantitative estimate of drug-likeness (QED) is 0.881. The Hall–Kier alpha value is -1.18. The Kier molecular flexibility index (Phi) is 5.18. The van der Waals surface area contributed by atoms with Crippen molar-refractivity contribution in [2.75, 3.05) is 46.1 Å². The average Bonchev–Trinajstić information content (AvgIpc) is 2.47. The van der Waals surface area contributed by atoms with Gasteiger partial charge in [-0.3, -0.25) is 0 Å². The topological polar surface area (TPSA) is 65.5 Å². The molecule has 1 aliphatic heterocycles. The molecule has 1 fully saturated rings. The molecule has 1 aromatic rings. The van der Waals surface area contributed by atoms with Crippen molar-refractivity contribution in [1.29, 1.82) is 0 Å². The Labute approximate surface area is 127 Å². The Morgan fingerprint density at radius 2 is 2.05 bits per heavy atom. The molecule has 0 spiro atoms. The van der Waals surface area contributed by atoms with Gasteiger partial charge in [0.25, 0.3) is 0 Å². The summed E-state index contributed by atoms with van der Waals surface area (Å²) in [7, 11) is 2.43. The van der Waals surface area contributed by atoms with Crippen LogP contribution in [0.25, 0.3) is 0 Å². The van der Waals surface area contributed by atoms with Crippen molar-refractivity contribution in [3.63, 3.8) is 0 Å². The lowest BCUT2D eigenvalue weighted by molar-refractivity contribution is 0.225. The van der Waals surface area contributed by atoms with E-state index >= 15 is 0 Å². The van der Waals surface area contributed by atoms with E-state index in [1.807, 2.05) is 0 Å². The van der Waals surface area contributed by atoms with Gasteiger partial charge in [0.05, 0.1) is 4.90 Å². The number of hydrogen-bond donors (Lipinski definition) is 1. The van der Waals surface area contributed by atoms with Gasteiger partial charge < -0.3 is 10.2 Å². The highest BCUT2D eigenvalue weighted by Crippen LogP contribution is 2.24. The molecule has 118 valence electrons. The number of aromatic nitrogens is 1. The van der Waals surface area contributed by atoms with Gasteiger partial charge >= 0.3 is 0 Å². The van der Waals surface area contributed by atoms with E-state index in [9.17, 15) is 8.42 Å². The Morgan fingerprint density at radius 1 is 1.38 bits per heavy atom. The fourth-order valence-electron chi connectivity index (χ4n) is 2.71. The lowest BCUT2D eigenvalue weighted by atomic mass is 9.98. The second-order valence-corrected chi connectivity index (χ2v) is 7.67. The van der Waals surface area contributed by atoms with Crippen molar-refractivity contribution in [2.24, 2.45) is 5.92 Å². The Bertz CT molecular complexity index is 566. The molecule has 1 aliphatic rings. The summed E-state index contributed by atoms with van der Waals surface area (Å²) >= 11 is 0. The van der Waals surface area contributed by atoms with E-state index in [4.69, 9.17) is 0 Å². The molecule has 0 saturated carbocycles. The van der Waals surface area contributed by atoms with Crippen LogP contribution >= 0.6 is 0 Å². The molecule has 0 aliphatic carbocycles. The lowest BCUT2D eigenvalue weighted by Crippen LogP contribution is -2.40. The molecule has 1 aromatic heterocycles. The molecule has 1 saturated heterocycles. The molecule has 0 amide bonds. The number of pyridine rings is 1. The zero-order valence-corrected chi connectivity index (χ0v) is 13.7. The molecular formula is C14H24N4O2S. The van der Waals surface area contributed by atoms with E-state index in [-0.39, 0.29) is 0 Å². The number of anilines is 1. The summed E-state index contributed by atoms with van der Waals surface area (Å²) in [6.45, 7) is 2.21. The summed E-state index contributed by atoms with van der Waals surface area (Å²) in [6.07, 6.45) is 3.36. The third-order valence-electron chi connectivity index (χ3n) is 3.82. The summed E-state index contributed by atoms with van der Waals surface area (Å²) in [5.41, 5.74) is 0. The summed E-state index contributed by atoms with van der Waals surface area (Å²) in [5.74, 6) is 1.15. The van der Waals surface area contributed by atoms with Gasteiger partial charge in [-0.1, -0.05) is 0 Å². The molecule has 0 atom stereocenters. The first kappa shape index (κ1) is 16.2. The van der Waals surface area contributed by atoms with Gasteiger partial charge in [-0.05, 0) is 38.9 Å². The van der Waals surface area contributed by atoms with Crippen LogP contribution < -0.4 is 5.32 Å². The largest absolute Gasteiger partial charge is 0.373 e. The highest BCUT2D eigenvalue weighted by Gasteiger charge is 2.29. The van der Waals surface area contributed by atoms with Crippen molar-refractivity contribution >= 4 is 15.8 Å². The van der Waals surface area contributed by atoms with E-state index in [0.717, 1.165) is 19.4 Å². The van der Waals surface area contributed by atoms with Gasteiger partial charge in [0.15, 0.2) is 0 Å². The van der Waals surface area contributed by atoms with Crippen LogP contribution in [0.3, 0.4) is 0 Å². The first-order valence-corrected chi connectivity index (χ1v) is 8.66. The second kappa shape index (κ2) is 6.72. The predicted octanol–water partition coefficient (Wildman–Crippen LogP) is 1.09. The molecule has 0 bridgehead atoms. The maximum atomic E-state index is 12.6. The molecule has 2 heterocycles. The summed E-state index contributed by atoms with van der Waals surface area (Å²) in [4.78, 5) is 6.54. The number of sulfonamides is 1. The van der Waals surface area contributed by atoms with Crippen LogP contribution in [-0.4, -0.2) is 63.4 Å². The van der Waals surface area contributed by atoms with Crippen molar-refractivity contribution in [2.45, 2.75) is 17.7 Å². The van der Waals surface area contributed by atoms with Crippen LogP contribution in [0.1, 0.15) is 12.8 Å². The van der Waals surface area contributed by atoms with E-state index in [1.165, 1.54) is 6.20 Å². The molecule has 1 N–H and O–H groups in total. The van der Waals surface area contributed by atoms with Gasteiger partial charge in [0, 0.05) is 38.9 Å². The summed E-state index contributed by atoms with van der Waals surface area (Å²) in [5, 5.41) is 2.87. The zero-order valence-electron chi connectivity index (χ0n) is 12.9. The zero-order chi connectivity index (χ0) is 15.5. The van der Waals surface area contributed by atoms with Crippen LogP contribution in [0.15, 0.2) is 23.2 Å². The minimum Gasteiger partial charge on any atom is -0.373 e. The number of hydrogen-bond acceptors (Lipinski definition) is 5. The molecule has 0 aromatic carbocycles. The lowest BCUT2D eigenvalue weighted by Gasteiger charge is -2.32.